The minimum absolute atomic E-state index is 0.220. The molecule has 2 aromatic rings. The molecule has 0 bridgehead atoms. The van der Waals surface area contributed by atoms with Crippen molar-refractivity contribution in [3.8, 4) is 0 Å². The molecule has 3 rings (SSSR count). The lowest BCUT2D eigenvalue weighted by Crippen LogP contribution is -2.10. The van der Waals surface area contributed by atoms with Gasteiger partial charge in [0.05, 0.1) is 9.81 Å². The Balaban J connectivity index is 1.85. The van der Waals surface area contributed by atoms with Crippen molar-refractivity contribution >= 4 is 47.2 Å². The summed E-state index contributed by atoms with van der Waals surface area (Å²) in [7, 11) is 0. The SMILES string of the molecule is CC1=CSC(=C(C(=O)/C=C/c2ccccc2)C(=O)/C=C/c2ccccc2)S1. The number of allylic oxidation sites excluding steroid dienone is 4. The van der Waals surface area contributed by atoms with Gasteiger partial charge in [-0.1, -0.05) is 96.3 Å². The second kappa shape index (κ2) is 9.40. The highest BCUT2D eigenvalue weighted by atomic mass is 32.2. The lowest BCUT2D eigenvalue weighted by Gasteiger charge is -2.04. The molecule has 2 nitrogen and oxygen atoms in total. The molecule has 0 aromatic heterocycles. The zero-order chi connectivity index (χ0) is 19.1. The van der Waals surface area contributed by atoms with Crippen molar-refractivity contribution in [2.24, 2.45) is 0 Å². The smallest absolute Gasteiger partial charge is 0.191 e. The van der Waals surface area contributed by atoms with E-state index < -0.39 is 0 Å². The maximum Gasteiger partial charge on any atom is 0.191 e. The molecule has 2 aromatic carbocycles. The predicted molar refractivity (Wildman–Crippen MR) is 117 cm³/mol. The van der Waals surface area contributed by atoms with E-state index in [0.29, 0.717) is 0 Å². The fraction of sp³-hybridized carbons (Fsp3) is 0.0435. The predicted octanol–water partition coefficient (Wildman–Crippen LogP) is 6.10. The van der Waals surface area contributed by atoms with Gasteiger partial charge in [0.1, 0.15) is 0 Å². The number of hydrogen-bond donors (Lipinski definition) is 0. The summed E-state index contributed by atoms with van der Waals surface area (Å²) in [6.07, 6.45) is 6.42. The molecule has 4 heteroatoms. The Labute approximate surface area is 167 Å². The van der Waals surface area contributed by atoms with E-state index in [9.17, 15) is 9.59 Å². The van der Waals surface area contributed by atoms with E-state index in [1.807, 2.05) is 73.0 Å². The summed E-state index contributed by atoms with van der Waals surface area (Å²) in [6.45, 7) is 1.97. The Morgan fingerprint density at radius 1 is 0.778 bits per heavy atom. The van der Waals surface area contributed by atoms with E-state index >= 15 is 0 Å². The van der Waals surface area contributed by atoms with E-state index in [1.165, 1.54) is 35.7 Å². The summed E-state index contributed by atoms with van der Waals surface area (Å²) in [5.41, 5.74) is 2.06. The first-order valence-corrected chi connectivity index (χ1v) is 10.1. The summed E-state index contributed by atoms with van der Waals surface area (Å²) in [4.78, 5) is 26.7. The third-order valence-corrected chi connectivity index (χ3v) is 6.14. The van der Waals surface area contributed by atoms with Crippen molar-refractivity contribution in [2.75, 3.05) is 0 Å². The van der Waals surface area contributed by atoms with Gasteiger partial charge in [-0.2, -0.15) is 0 Å². The Hall–Kier alpha value is -2.56. The Bertz CT molecular complexity index is 889. The summed E-state index contributed by atoms with van der Waals surface area (Å²) >= 11 is 2.90. The highest BCUT2D eigenvalue weighted by molar-refractivity contribution is 8.28. The second-order valence-electron chi connectivity index (χ2n) is 5.83. The molecule has 0 radical (unpaired) electrons. The van der Waals surface area contributed by atoms with Crippen LogP contribution in [0.4, 0.5) is 0 Å². The molecule has 1 heterocycles. The first kappa shape index (κ1) is 19.2. The van der Waals surface area contributed by atoms with E-state index in [0.717, 1.165) is 20.3 Å². The van der Waals surface area contributed by atoms with E-state index in [-0.39, 0.29) is 17.1 Å². The minimum Gasteiger partial charge on any atom is -0.289 e. The van der Waals surface area contributed by atoms with Crippen molar-refractivity contribution < 1.29 is 9.59 Å². The van der Waals surface area contributed by atoms with Crippen molar-refractivity contribution in [2.45, 2.75) is 6.92 Å². The number of carbonyl (C=O) groups excluding carboxylic acids is 2. The molecule has 0 saturated carbocycles. The molecule has 27 heavy (non-hydrogen) atoms. The zero-order valence-corrected chi connectivity index (χ0v) is 16.4. The average molecular weight is 391 g/mol. The maximum atomic E-state index is 12.8. The van der Waals surface area contributed by atoms with Crippen LogP contribution in [0.5, 0.6) is 0 Å². The van der Waals surface area contributed by atoms with Gasteiger partial charge in [0.2, 0.25) is 0 Å². The second-order valence-corrected chi connectivity index (χ2v) is 8.22. The van der Waals surface area contributed by atoms with Gasteiger partial charge in [-0.05, 0) is 40.5 Å². The van der Waals surface area contributed by atoms with Crippen LogP contribution in [0.1, 0.15) is 18.1 Å². The molecule has 0 aliphatic carbocycles. The molecule has 1 aliphatic rings. The zero-order valence-electron chi connectivity index (χ0n) is 14.8. The fourth-order valence-electron chi connectivity index (χ4n) is 2.40. The van der Waals surface area contributed by atoms with Gasteiger partial charge in [0.25, 0.3) is 0 Å². The van der Waals surface area contributed by atoms with Gasteiger partial charge < -0.3 is 0 Å². The number of benzene rings is 2. The molecule has 0 unspecified atom stereocenters. The minimum atomic E-state index is -0.278. The Kier molecular flexibility index (Phi) is 6.69. The molecule has 1 aliphatic heterocycles. The van der Waals surface area contributed by atoms with Crippen molar-refractivity contribution in [1.29, 1.82) is 0 Å². The summed E-state index contributed by atoms with van der Waals surface area (Å²) in [5.74, 6) is -0.556. The normalized spacial score (nSPS) is 14.0. The standard InChI is InChI=1S/C23H18O2S2/c1-17-16-26-23(27-17)22(20(24)14-12-18-8-4-2-5-9-18)21(25)15-13-19-10-6-3-7-11-19/h2-16H,1H3/b14-12+,15-13+. The van der Waals surface area contributed by atoms with Crippen LogP contribution >= 0.6 is 23.5 Å². The van der Waals surface area contributed by atoms with Crippen LogP contribution in [0, 0.1) is 0 Å². The monoisotopic (exact) mass is 390 g/mol. The number of ketones is 2. The fourth-order valence-corrected chi connectivity index (χ4v) is 4.66. The van der Waals surface area contributed by atoms with Crippen LogP contribution in [-0.2, 0) is 9.59 Å². The Morgan fingerprint density at radius 2 is 1.26 bits per heavy atom. The number of rotatable bonds is 6. The van der Waals surface area contributed by atoms with Crippen molar-refractivity contribution in [3.63, 3.8) is 0 Å². The van der Waals surface area contributed by atoms with Gasteiger partial charge in [-0.25, -0.2) is 0 Å². The largest absolute Gasteiger partial charge is 0.289 e. The highest BCUT2D eigenvalue weighted by Gasteiger charge is 2.23. The molecule has 0 atom stereocenters. The molecule has 0 saturated heterocycles. The van der Waals surface area contributed by atoms with Crippen LogP contribution < -0.4 is 0 Å². The molecule has 134 valence electrons. The van der Waals surface area contributed by atoms with Gasteiger partial charge in [0, 0.05) is 0 Å². The highest BCUT2D eigenvalue weighted by Crippen LogP contribution is 2.45. The summed E-state index contributed by atoms with van der Waals surface area (Å²) in [5, 5.41) is 1.96. The molecular weight excluding hydrogens is 372 g/mol. The van der Waals surface area contributed by atoms with Crippen molar-refractivity contribution in [1.82, 2.24) is 0 Å². The van der Waals surface area contributed by atoms with Crippen LogP contribution in [0.25, 0.3) is 12.2 Å². The van der Waals surface area contributed by atoms with E-state index in [4.69, 9.17) is 0 Å². The third kappa shape index (κ3) is 5.46. The summed E-state index contributed by atoms with van der Waals surface area (Å²) < 4.78 is 0.734. The average Bonchev–Trinajstić information content (AvgIpc) is 3.12. The number of thioether (sulfide) groups is 2. The lowest BCUT2D eigenvalue weighted by molar-refractivity contribution is -0.116. The molecule has 0 amide bonds. The van der Waals surface area contributed by atoms with Crippen LogP contribution in [0.15, 0.2) is 92.9 Å². The summed E-state index contributed by atoms with van der Waals surface area (Å²) in [6, 6.07) is 19.1. The quantitative estimate of drug-likeness (QED) is 0.339. The molecular formula is C23H18O2S2. The number of hydrogen-bond acceptors (Lipinski definition) is 4. The van der Waals surface area contributed by atoms with E-state index in [2.05, 4.69) is 0 Å². The van der Waals surface area contributed by atoms with Crippen LogP contribution in [-0.4, -0.2) is 11.6 Å². The molecule has 0 fully saturated rings. The van der Waals surface area contributed by atoms with Gasteiger partial charge >= 0.3 is 0 Å². The van der Waals surface area contributed by atoms with Crippen molar-refractivity contribution in [3.05, 3.63) is 104 Å². The van der Waals surface area contributed by atoms with E-state index in [1.54, 1.807) is 12.2 Å². The first-order valence-electron chi connectivity index (χ1n) is 8.44. The maximum absolute atomic E-state index is 12.8. The number of carbonyl (C=O) groups is 2. The lowest BCUT2D eigenvalue weighted by atomic mass is 10.1. The van der Waals surface area contributed by atoms with Gasteiger partial charge in [-0.15, -0.1) is 0 Å². The van der Waals surface area contributed by atoms with Gasteiger partial charge in [0.15, 0.2) is 11.6 Å². The van der Waals surface area contributed by atoms with Crippen LogP contribution in [0.2, 0.25) is 0 Å². The first-order chi connectivity index (χ1) is 13.1. The van der Waals surface area contributed by atoms with Crippen LogP contribution in [0.3, 0.4) is 0 Å². The molecule has 0 spiro atoms. The third-order valence-electron chi connectivity index (χ3n) is 3.74. The molecule has 0 N–H and O–H groups in total. The topological polar surface area (TPSA) is 34.1 Å². The Morgan fingerprint density at radius 3 is 1.67 bits per heavy atom. The van der Waals surface area contributed by atoms with Gasteiger partial charge in [-0.3, -0.25) is 9.59 Å².